The number of piperidine rings is 1. The third-order valence-electron chi connectivity index (χ3n) is 4.12. The van der Waals surface area contributed by atoms with E-state index in [0.29, 0.717) is 5.75 Å². The standard InChI is InChI=1S/C18H27N3O2S/c1-3-21-10-4-5-16(11-21)20-18(23)13-24-12-17(22)19-15-8-6-14(2)7-9-15/h6-9,16H,3-5,10-13H2,1-2H3,(H,19,22)(H,20,23)/t16-/m1/s1. The minimum absolute atomic E-state index is 0.0195. The van der Waals surface area contributed by atoms with Gasteiger partial charge in [0.25, 0.3) is 0 Å². The van der Waals surface area contributed by atoms with Gasteiger partial charge in [0.2, 0.25) is 11.8 Å². The summed E-state index contributed by atoms with van der Waals surface area (Å²) in [7, 11) is 0. The van der Waals surface area contributed by atoms with Crippen molar-refractivity contribution < 1.29 is 9.59 Å². The van der Waals surface area contributed by atoms with Crippen LogP contribution in [0.5, 0.6) is 0 Å². The van der Waals surface area contributed by atoms with Crippen LogP contribution in [0.1, 0.15) is 25.3 Å². The number of thioether (sulfide) groups is 1. The van der Waals surface area contributed by atoms with Gasteiger partial charge in [0, 0.05) is 18.3 Å². The molecular formula is C18H27N3O2S. The highest BCUT2D eigenvalue weighted by Crippen LogP contribution is 2.11. The SMILES string of the molecule is CCN1CCC[C@@H](NC(=O)CSCC(=O)Nc2ccc(C)cc2)C1. The molecule has 1 aromatic carbocycles. The molecule has 6 heteroatoms. The van der Waals surface area contributed by atoms with E-state index in [2.05, 4.69) is 22.5 Å². The Kier molecular flexibility index (Phi) is 7.59. The van der Waals surface area contributed by atoms with Crippen LogP contribution in [0.25, 0.3) is 0 Å². The molecule has 1 atom stereocenters. The molecule has 132 valence electrons. The average molecular weight is 350 g/mol. The first kappa shape index (κ1) is 18.8. The van der Waals surface area contributed by atoms with Crippen LogP contribution in [-0.2, 0) is 9.59 Å². The van der Waals surface area contributed by atoms with Gasteiger partial charge in [0.05, 0.1) is 11.5 Å². The number of likely N-dealkylation sites (tertiary alicyclic amines) is 1. The van der Waals surface area contributed by atoms with Gasteiger partial charge >= 0.3 is 0 Å². The number of carbonyl (C=O) groups excluding carboxylic acids is 2. The lowest BCUT2D eigenvalue weighted by molar-refractivity contribution is -0.119. The van der Waals surface area contributed by atoms with Crippen LogP contribution in [-0.4, -0.2) is 53.9 Å². The van der Waals surface area contributed by atoms with E-state index in [-0.39, 0.29) is 23.6 Å². The molecule has 1 aromatic rings. The predicted molar refractivity (Wildman–Crippen MR) is 100 cm³/mol. The number of hydrogen-bond donors (Lipinski definition) is 2. The fourth-order valence-corrected chi connectivity index (χ4v) is 3.43. The van der Waals surface area contributed by atoms with E-state index < -0.39 is 0 Å². The summed E-state index contributed by atoms with van der Waals surface area (Å²) in [5.74, 6) is 0.550. The molecule has 24 heavy (non-hydrogen) atoms. The maximum Gasteiger partial charge on any atom is 0.234 e. The summed E-state index contributed by atoms with van der Waals surface area (Å²) in [6.07, 6.45) is 2.17. The van der Waals surface area contributed by atoms with Crippen LogP contribution in [0, 0.1) is 6.92 Å². The van der Waals surface area contributed by atoms with Crippen LogP contribution in [0.2, 0.25) is 0 Å². The number of aryl methyl sites for hydroxylation is 1. The van der Waals surface area contributed by atoms with Gasteiger partial charge in [0.15, 0.2) is 0 Å². The van der Waals surface area contributed by atoms with E-state index in [1.165, 1.54) is 11.8 Å². The number of amides is 2. The Balaban J connectivity index is 1.63. The topological polar surface area (TPSA) is 61.4 Å². The molecule has 0 bridgehead atoms. The Hall–Kier alpha value is -1.53. The van der Waals surface area contributed by atoms with Crippen molar-refractivity contribution in [1.29, 1.82) is 0 Å². The maximum atomic E-state index is 12.0. The molecule has 0 unspecified atom stereocenters. The fourth-order valence-electron chi connectivity index (χ4n) is 2.80. The lowest BCUT2D eigenvalue weighted by Gasteiger charge is -2.32. The van der Waals surface area contributed by atoms with Gasteiger partial charge in [-0.3, -0.25) is 9.59 Å². The van der Waals surface area contributed by atoms with E-state index >= 15 is 0 Å². The molecule has 0 aliphatic carbocycles. The van der Waals surface area contributed by atoms with E-state index in [1.807, 2.05) is 31.2 Å². The van der Waals surface area contributed by atoms with Crippen molar-refractivity contribution in [2.75, 3.05) is 36.5 Å². The van der Waals surface area contributed by atoms with Gasteiger partial charge < -0.3 is 15.5 Å². The van der Waals surface area contributed by atoms with E-state index in [0.717, 1.165) is 43.7 Å². The number of carbonyl (C=O) groups is 2. The maximum absolute atomic E-state index is 12.0. The van der Waals surface area contributed by atoms with Crippen LogP contribution in [0.4, 0.5) is 5.69 Å². The Labute approximate surface area is 148 Å². The largest absolute Gasteiger partial charge is 0.351 e. The molecule has 2 amide bonds. The molecule has 2 rings (SSSR count). The highest BCUT2D eigenvalue weighted by Gasteiger charge is 2.20. The van der Waals surface area contributed by atoms with E-state index in [9.17, 15) is 9.59 Å². The highest BCUT2D eigenvalue weighted by molar-refractivity contribution is 8.00. The molecule has 0 radical (unpaired) electrons. The number of nitrogens with zero attached hydrogens (tertiary/aromatic N) is 1. The van der Waals surface area contributed by atoms with Crippen molar-refractivity contribution in [3.8, 4) is 0 Å². The molecule has 0 saturated carbocycles. The van der Waals surface area contributed by atoms with Crippen LogP contribution in [0.15, 0.2) is 24.3 Å². The Morgan fingerprint density at radius 3 is 2.62 bits per heavy atom. The molecule has 1 saturated heterocycles. The monoisotopic (exact) mass is 349 g/mol. The zero-order valence-electron chi connectivity index (χ0n) is 14.5. The quantitative estimate of drug-likeness (QED) is 0.793. The molecule has 1 fully saturated rings. The summed E-state index contributed by atoms with van der Waals surface area (Å²) < 4.78 is 0. The molecule has 1 heterocycles. The fraction of sp³-hybridized carbons (Fsp3) is 0.556. The van der Waals surface area contributed by atoms with Crippen molar-refractivity contribution >= 4 is 29.3 Å². The number of rotatable bonds is 7. The van der Waals surface area contributed by atoms with Gasteiger partial charge in [-0.05, 0) is 45.0 Å². The second-order valence-corrected chi connectivity index (χ2v) is 7.19. The number of benzene rings is 1. The van der Waals surface area contributed by atoms with Crippen molar-refractivity contribution in [3.63, 3.8) is 0 Å². The summed E-state index contributed by atoms with van der Waals surface area (Å²) in [4.78, 5) is 26.2. The Morgan fingerprint density at radius 1 is 1.21 bits per heavy atom. The van der Waals surface area contributed by atoms with Gasteiger partial charge in [-0.25, -0.2) is 0 Å². The number of likely N-dealkylation sites (N-methyl/N-ethyl adjacent to an activating group) is 1. The average Bonchev–Trinajstić information content (AvgIpc) is 2.57. The van der Waals surface area contributed by atoms with Gasteiger partial charge in [-0.1, -0.05) is 24.6 Å². The minimum atomic E-state index is -0.0773. The van der Waals surface area contributed by atoms with Gasteiger partial charge in [-0.15, -0.1) is 11.8 Å². The third kappa shape index (κ3) is 6.53. The Bertz CT molecular complexity index is 548. The second-order valence-electron chi connectivity index (χ2n) is 6.21. The van der Waals surface area contributed by atoms with Gasteiger partial charge in [0.1, 0.15) is 0 Å². The summed E-state index contributed by atoms with van der Waals surface area (Å²) in [6.45, 7) is 7.23. The minimum Gasteiger partial charge on any atom is -0.351 e. The molecule has 0 aromatic heterocycles. The second kappa shape index (κ2) is 9.69. The highest BCUT2D eigenvalue weighted by atomic mass is 32.2. The first-order chi connectivity index (χ1) is 11.6. The molecule has 1 aliphatic rings. The summed E-state index contributed by atoms with van der Waals surface area (Å²) in [5.41, 5.74) is 1.95. The van der Waals surface area contributed by atoms with Crippen molar-refractivity contribution in [2.45, 2.75) is 32.7 Å². The molecule has 5 nitrogen and oxygen atoms in total. The van der Waals surface area contributed by atoms with E-state index in [1.54, 1.807) is 0 Å². The van der Waals surface area contributed by atoms with Gasteiger partial charge in [-0.2, -0.15) is 0 Å². The van der Waals surface area contributed by atoms with Crippen molar-refractivity contribution in [3.05, 3.63) is 29.8 Å². The number of hydrogen-bond acceptors (Lipinski definition) is 4. The molecular weight excluding hydrogens is 322 g/mol. The van der Waals surface area contributed by atoms with Crippen molar-refractivity contribution in [1.82, 2.24) is 10.2 Å². The number of nitrogens with one attached hydrogen (secondary N) is 2. The van der Waals surface area contributed by atoms with E-state index in [4.69, 9.17) is 0 Å². The smallest absolute Gasteiger partial charge is 0.234 e. The van der Waals surface area contributed by atoms with Crippen molar-refractivity contribution in [2.24, 2.45) is 0 Å². The predicted octanol–water partition coefficient (Wildman–Crippen LogP) is 2.27. The first-order valence-corrected chi connectivity index (χ1v) is 9.68. The van der Waals surface area contributed by atoms with Crippen LogP contribution < -0.4 is 10.6 Å². The van der Waals surface area contributed by atoms with Crippen LogP contribution >= 0.6 is 11.8 Å². The third-order valence-corrected chi connectivity index (χ3v) is 5.05. The molecule has 0 spiro atoms. The summed E-state index contributed by atoms with van der Waals surface area (Å²) >= 11 is 1.35. The Morgan fingerprint density at radius 2 is 1.92 bits per heavy atom. The zero-order chi connectivity index (χ0) is 17.4. The summed E-state index contributed by atoms with van der Waals surface area (Å²) in [6, 6.07) is 7.92. The zero-order valence-corrected chi connectivity index (χ0v) is 15.3. The first-order valence-electron chi connectivity index (χ1n) is 8.53. The lowest BCUT2D eigenvalue weighted by atomic mass is 10.1. The summed E-state index contributed by atoms with van der Waals surface area (Å²) in [5, 5.41) is 5.92. The van der Waals surface area contributed by atoms with Crippen LogP contribution in [0.3, 0.4) is 0 Å². The normalized spacial score (nSPS) is 18.2. The lowest BCUT2D eigenvalue weighted by Crippen LogP contribution is -2.48. The number of anilines is 1. The molecule has 2 N–H and O–H groups in total. The molecule has 1 aliphatic heterocycles.